The summed E-state index contributed by atoms with van der Waals surface area (Å²) in [6.07, 6.45) is 3.41. The van der Waals surface area contributed by atoms with Gasteiger partial charge in [0, 0.05) is 38.0 Å². The first-order chi connectivity index (χ1) is 13.8. The van der Waals surface area contributed by atoms with E-state index >= 15 is 0 Å². The number of hydrogen-bond acceptors (Lipinski definition) is 8. The van der Waals surface area contributed by atoms with Gasteiger partial charge in [0.1, 0.15) is 18.2 Å². The van der Waals surface area contributed by atoms with Gasteiger partial charge < -0.3 is 15.4 Å². The topological polar surface area (TPSA) is 134 Å². The molecule has 1 aliphatic rings. The maximum Gasteiger partial charge on any atom is 0.222 e. The van der Waals surface area contributed by atoms with Crippen LogP contribution in [0.25, 0.3) is 11.3 Å². The van der Waals surface area contributed by atoms with E-state index in [2.05, 4.69) is 25.7 Å². The number of hydrogen-bond donors (Lipinski definition) is 4. The molecule has 1 aliphatic heterocycles. The first-order valence-electron chi connectivity index (χ1n) is 8.76. The second-order valence-electron chi connectivity index (χ2n) is 6.52. The molecule has 0 fully saturated rings. The molecule has 0 aromatic carbocycles. The SMILES string of the molecule is CC(=O)Nc1cc(Nc2ccc3c(n2)S(O)(O)CCO3)c(-c2ccn(C)n2)cn1. The fourth-order valence-electron chi connectivity index (χ4n) is 2.91. The second kappa shape index (κ2) is 7.35. The first-order valence-corrected chi connectivity index (χ1v) is 10.5. The number of pyridine rings is 2. The smallest absolute Gasteiger partial charge is 0.222 e. The highest BCUT2D eigenvalue weighted by atomic mass is 32.3. The Kier molecular flexibility index (Phi) is 4.86. The van der Waals surface area contributed by atoms with Crippen LogP contribution in [0, 0.1) is 0 Å². The van der Waals surface area contributed by atoms with Gasteiger partial charge in [0.15, 0.2) is 10.8 Å². The Labute approximate surface area is 168 Å². The van der Waals surface area contributed by atoms with E-state index < -0.39 is 10.6 Å². The minimum Gasteiger partial charge on any atom is -0.488 e. The van der Waals surface area contributed by atoms with Crippen LogP contribution in [-0.4, -0.2) is 47.1 Å². The molecule has 0 radical (unpaired) electrons. The Morgan fingerprint density at radius 2 is 2.10 bits per heavy atom. The quantitative estimate of drug-likeness (QED) is 0.510. The van der Waals surface area contributed by atoms with Crippen LogP contribution >= 0.6 is 10.6 Å². The number of amides is 1. The molecule has 1 amide bonds. The number of rotatable bonds is 4. The van der Waals surface area contributed by atoms with Crippen molar-refractivity contribution in [3.8, 4) is 17.0 Å². The van der Waals surface area contributed by atoms with Crippen molar-refractivity contribution in [3.63, 3.8) is 0 Å². The molecule has 3 aromatic heterocycles. The van der Waals surface area contributed by atoms with Gasteiger partial charge in [-0.15, -0.1) is 10.6 Å². The van der Waals surface area contributed by atoms with E-state index in [-0.39, 0.29) is 23.3 Å². The van der Waals surface area contributed by atoms with Crippen LogP contribution in [0.5, 0.6) is 5.75 Å². The molecule has 11 heteroatoms. The van der Waals surface area contributed by atoms with Gasteiger partial charge in [0.05, 0.1) is 17.1 Å². The van der Waals surface area contributed by atoms with E-state index in [0.717, 1.165) is 0 Å². The minimum atomic E-state index is -3.00. The van der Waals surface area contributed by atoms with Crippen molar-refractivity contribution in [2.45, 2.75) is 11.9 Å². The number of ether oxygens (including phenoxy) is 1. The lowest BCUT2D eigenvalue weighted by molar-refractivity contribution is -0.114. The lowest BCUT2D eigenvalue weighted by Crippen LogP contribution is -2.20. The molecule has 10 nitrogen and oxygen atoms in total. The Balaban J connectivity index is 1.74. The van der Waals surface area contributed by atoms with Crippen LogP contribution in [0.3, 0.4) is 0 Å². The summed E-state index contributed by atoms with van der Waals surface area (Å²) in [5.41, 5.74) is 1.98. The summed E-state index contributed by atoms with van der Waals surface area (Å²) in [6.45, 7) is 1.63. The summed E-state index contributed by atoms with van der Waals surface area (Å²) < 4.78 is 27.7. The van der Waals surface area contributed by atoms with Crippen LogP contribution < -0.4 is 15.4 Å². The zero-order valence-corrected chi connectivity index (χ0v) is 16.6. The zero-order chi connectivity index (χ0) is 20.6. The first kappa shape index (κ1) is 19.2. The monoisotopic (exact) mass is 416 g/mol. The zero-order valence-electron chi connectivity index (χ0n) is 15.8. The third-order valence-electron chi connectivity index (χ3n) is 4.22. The summed E-state index contributed by atoms with van der Waals surface area (Å²) in [4.78, 5) is 20.0. The van der Waals surface area contributed by atoms with Crippen molar-refractivity contribution >= 4 is 33.8 Å². The fourth-order valence-corrected chi connectivity index (χ4v) is 4.12. The Morgan fingerprint density at radius 1 is 1.28 bits per heavy atom. The largest absolute Gasteiger partial charge is 0.488 e. The average molecular weight is 416 g/mol. The number of aryl methyl sites for hydroxylation is 1. The molecule has 4 heterocycles. The van der Waals surface area contributed by atoms with Crippen molar-refractivity contribution in [1.29, 1.82) is 0 Å². The van der Waals surface area contributed by atoms with Gasteiger partial charge in [0.2, 0.25) is 5.91 Å². The number of fused-ring (bicyclic) bond motifs is 1. The highest BCUT2D eigenvalue weighted by Crippen LogP contribution is 2.53. The van der Waals surface area contributed by atoms with Gasteiger partial charge in [-0.25, -0.2) is 9.97 Å². The van der Waals surface area contributed by atoms with E-state index in [1.54, 1.807) is 29.1 Å². The Morgan fingerprint density at radius 3 is 2.83 bits per heavy atom. The number of anilines is 3. The van der Waals surface area contributed by atoms with E-state index in [1.165, 1.54) is 6.92 Å². The molecule has 152 valence electrons. The summed E-state index contributed by atoms with van der Waals surface area (Å²) in [5, 5.41) is 10.3. The van der Waals surface area contributed by atoms with Crippen molar-refractivity contribution in [2.24, 2.45) is 7.05 Å². The molecule has 3 aromatic rings. The molecule has 29 heavy (non-hydrogen) atoms. The standard InChI is InChI=1S/C18H20N6O4S/c1-11(25)20-17-9-14(12(10-19-17)13-5-6-24(2)23-13)21-16-4-3-15-18(22-16)29(26,27)8-7-28-15/h3-6,9-10,26-27H,7-8H2,1-2H3,(H2,19,20,21,22,25). The van der Waals surface area contributed by atoms with Crippen molar-refractivity contribution in [2.75, 3.05) is 23.0 Å². The maximum absolute atomic E-state index is 11.4. The predicted molar refractivity (Wildman–Crippen MR) is 110 cm³/mol. The molecule has 0 atom stereocenters. The normalized spacial score (nSPS) is 15.7. The van der Waals surface area contributed by atoms with Crippen LogP contribution in [-0.2, 0) is 11.8 Å². The molecular weight excluding hydrogens is 396 g/mol. The summed E-state index contributed by atoms with van der Waals surface area (Å²) in [5.74, 6) is 0.987. The Bertz CT molecular complexity index is 1080. The summed E-state index contributed by atoms with van der Waals surface area (Å²) >= 11 is 0. The van der Waals surface area contributed by atoms with Crippen LogP contribution in [0.2, 0.25) is 0 Å². The van der Waals surface area contributed by atoms with E-state index in [1.807, 2.05) is 19.3 Å². The molecule has 0 spiro atoms. The highest BCUT2D eigenvalue weighted by Gasteiger charge is 2.27. The van der Waals surface area contributed by atoms with Crippen LogP contribution in [0.15, 0.2) is 41.7 Å². The molecule has 0 saturated carbocycles. The molecule has 0 unspecified atom stereocenters. The second-order valence-corrected chi connectivity index (χ2v) is 8.64. The Hall–Kier alpha value is -3.15. The minimum absolute atomic E-state index is 0.109. The number of aromatic nitrogens is 4. The lowest BCUT2D eigenvalue weighted by atomic mass is 10.1. The highest BCUT2D eigenvalue weighted by molar-refractivity contribution is 8.24. The average Bonchev–Trinajstić information content (AvgIpc) is 3.08. The van der Waals surface area contributed by atoms with Gasteiger partial charge in [0.25, 0.3) is 0 Å². The van der Waals surface area contributed by atoms with Crippen molar-refractivity contribution < 1.29 is 18.6 Å². The third-order valence-corrected chi connectivity index (χ3v) is 5.87. The van der Waals surface area contributed by atoms with Gasteiger partial charge in [-0.05, 0) is 18.2 Å². The molecule has 4 rings (SSSR count). The van der Waals surface area contributed by atoms with Gasteiger partial charge >= 0.3 is 0 Å². The van der Waals surface area contributed by atoms with Crippen molar-refractivity contribution in [1.82, 2.24) is 19.7 Å². The predicted octanol–water partition coefficient (Wildman–Crippen LogP) is 3.08. The van der Waals surface area contributed by atoms with Gasteiger partial charge in [-0.1, -0.05) is 0 Å². The van der Waals surface area contributed by atoms with Gasteiger partial charge in [-0.3, -0.25) is 18.6 Å². The van der Waals surface area contributed by atoms with Gasteiger partial charge in [-0.2, -0.15) is 5.10 Å². The molecular formula is C18H20N6O4S. The maximum atomic E-state index is 11.4. The third kappa shape index (κ3) is 4.01. The molecule has 4 N–H and O–H groups in total. The number of carbonyl (C=O) groups is 1. The van der Waals surface area contributed by atoms with Crippen molar-refractivity contribution in [3.05, 3.63) is 36.7 Å². The fraction of sp³-hybridized carbons (Fsp3) is 0.222. The number of nitrogens with one attached hydrogen (secondary N) is 2. The molecule has 0 aliphatic carbocycles. The molecule has 0 saturated heterocycles. The molecule has 0 bridgehead atoms. The van der Waals surface area contributed by atoms with E-state index in [0.29, 0.717) is 34.3 Å². The lowest BCUT2D eigenvalue weighted by Gasteiger charge is -2.36. The summed E-state index contributed by atoms with van der Waals surface area (Å²) in [6, 6.07) is 6.83. The number of carbonyl (C=O) groups excluding carboxylic acids is 1. The van der Waals surface area contributed by atoms with Crippen LogP contribution in [0.4, 0.5) is 17.3 Å². The van der Waals surface area contributed by atoms with E-state index in [9.17, 15) is 13.9 Å². The van der Waals surface area contributed by atoms with E-state index in [4.69, 9.17) is 4.74 Å². The van der Waals surface area contributed by atoms with Crippen LogP contribution in [0.1, 0.15) is 6.92 Å². The number of nitrogens with zero attached hydrogens (tertiary/aromatic N) is 4. The summed E-state index contributed by atoms with van der Waals surface area (Å²) in [7, 11) is -1.19.